The molecule has 4 rings (SSSR count). The van der Waals surface area contributed by atoms with Gasteiger partial charge in [-0.2, -0.15) is 5.09 Å². The normalized spacial score (nSPS) is 22.9. The number of hydrogen-bond donors (Lipinski definition) is 3. The molecule has 3 N–H and O–H groups in total. The van der Waals surface area contributed by atoms with Gasteiger partial charge in [0.05, 0.1) is 30.5 Å². The van der Waals surface area contributed by atoms with E-state index in [1.54, 1.807) is 43.6 Å². The summed E-state index contributed by atoms with van der Waals surface area (Å²) in [6.07, 6.45) is -1.81. The fourth-order valence-electron chi connectivity index (χ4n) is 4.03. The lowest BCUT2D eigenvalue weighted by Crippen LogP contribution is -2.36. The lowest BCUT2D eigenvalue weighted by atomic mass is 10.0. The van der Waals surface area contributed by atoms with Crippen LogP contribution in [0.5, 0.6) is 5.75 Å². The van der Waals surface area contributed by atoms with Gasteiger partial charge < -0.3 is 19.1 Å². The highest BCUT2D eigenvalue weighted by Gasteiger charge is 2.44. The van der Waals surface area contributed by atoms with E-state index in [4.69, 9.17) is 30.1 Å². The number of aliphatic hydroxyl groups excluding tert-OH is 1. The number of rotatable bonds is 11. The first kappa shape index (κ1) is 30.1. The summed E-state index contributed by atoms with van der Waals surface area (Å²) in [7, 11) is -4.26. The van der Waals surface area contributed by atoms with Crippen LogP contribution in [0.4, 0.5) is 0 Å². The minimum Gasteiger partial charge on any atom is -0.465 e. The number of ether oxygens (including phenoxy) is 2. The second-order valence-electron chi connectivity index (χ2n) is 8.92. The first-order chi connectivity index (χ1) is 19.0. The van der Waals surface area contributed by atoms with Crippen LogP contribution in [-0.2, 0) is 23.4 Å². The Balaban J connectivity index is 1.51. The number of carbonyl (C=O) groups excluding carboxylic acids is 1. The lowest BCUT2D eigenvalue weighted by molar-refractivity contribution is -0.144. The predicted octanol–water partition coefficient (Wildman–Crippen LogP) is 2.95. The minimum atomic E-state index is -4.26. The highest BCUT2D eigenvalue weighted by Crippen LogP contribution is 2.46. The first-order valence-corrected chi connectivity index (χ1v) is 15.0. The molecule has 13 nitrogen and oxygen atoms in total. The average Bonchev–Trinajstić information content (AvgIpc) is 3.46. The van der Waals surface area contributed by atoms with E-state index < -0.39 is 62.0 Å². The van der Waals surface area contributed by atoms with Gasteiger partial charge in [0.25, 0.3) is 5.56 Å². The number of esters is 1. The van der Waals surface area contributed by atoms with Crippen LogP contribution in [0.2, 0.25) is 4.34 Å². The summed E-state index contributed by atoms with van der Waals surface area (Å²) < 4.78 is 37.7. The van der Waals surface area contributed by atoms with Crippen LogP contribution in [0.15, 0.2) is 51.6 Å². The van der Waals surface area contributed by atoms with Crippen LogP contribution in [0.25, 0.3) is 11.3 Å². The molecule has 216 valence electrons. The van der Waals surface area contributed by atoms with Crippen LogP contribution < -0.4 is 20.9 Å². The van der Waals surface area contributed by atoms with Gasteiger partial charge in [-0.15, -0.1) is 11.3 Å². The Hall–Kier alpha value is -2.84. The number of benzene rings is 1. The van der Waals surface area contributed by atoms with Crippen LogP contribution in [0.1, 0.15) is 27.0 Å². The smallest absolute Gasteiger partial charge is 0.459 e. The number of halogens is 1. The summed E-state index contributed by atoms with van der Waals surface area (Å²) in [6, 6.07) is 6.52. The van der Waals surface area contributed by atoms with Crippen LogP contribution in [0, 0.1) is 5.92 Å². The van der Waals surface area contributed by atoms with Crippen molar-refractivity contribution in [3.05, 3.63) is 67.2 Å². The van der Waals surface area contributed by atoms with Gasteiger partial charge in [-0.25, -0.2) is 14.3 Å². The molecule has 0 aliphatic carbocycles. The summed E-state index contributed by atoms with van der Waals surface area (Å²) in [6.45, 7) is 4.42. The molecule has 1 aliphatic rings. The summed E-state index contributed by atoms with van der Waals surface area (Å²) >= 11 is 7.45. The lowest BCUT2D eigenvalue weighted by Gasteiger charge is -2.24. The van der Waals surface area contributed by atoms with Gasteiger partial charge in [-0.3, -0.25) is 23.7 Å². The van der Waals surface area contributed by atoms with Crippen molar-refractivity contribution in [2.75, 3.05) is 13.2 Å². The van der Waals surface area contributed by atoms with Crippen molar-refractivity contribution in [2.24, 2.45) is 5.92 Å². The Bertz CT molecular complexity index is 1490. The molecule has 2 aromatic heterocycles. The molecule has 2 unspecified atom stereocenters. The van der Waals surface area contributed by atoms with E-state index in [1.807, 2.05) is 0 Å². The molecule has 6 atom stereocenters. The average molecular weight is 615 g/mol. The third kappa shape index (κ3) is 6.89. The largest absolute Gasteiger partial charge is 0.465 e. The monoisotopic (exact) mass is 614 g/mol. The zero-order chi connectivity index (χ0) is 29.0. The third-order valence-corrected chi connectivity index (χ3v) is 8.79. The van der Waals surface area contributed by atoms with Gasteiger partial charge >= 0.3 is 19.4 Å². The van der Waals surface area contributed by atoms with Crippen LogP contribution >= 0.6 is 30.7 Å². The summed E-state index contributed by atoms with van der Waals surface area (Å²) in [5.74, 6) is -1.11. The van der Waals surface area contributed by atoms with Gasteiger partial charge in [-0.1, -0.05) is 18.5 Å². The number of hydrogen-bond acceptors (Lipinski definition) is 11. The molecule has 40 heavy (non-hydrogen) atoms. The molecule has 0 amide bonds. The van der Waals surface area contributed by atoms with Crippen molar-refractivity contribution in [3.8, 4) is 17.0 Å². The summed E-state index contributed by atoms with van der Waals surface area (Å²) in [4.78, 5) is 42.3. The predicted molar refractivity (Wildman–Crippen MR) is 146 cm³/mol. The number of H-pyrrole nitrogens is 1. The number of aromatic amines is 1. The molecule has 1 aliphatic heterocycles. The van der Waals surface area contributed by atoms with Crippen LogP contribution in [-0.4, -0.2) is 57.1 Å². The standard InChI is InChI=1S/C24H28ClN4O9PS/c1-4-35-23(32)14(3)28-39(34,38-16-7-5-15(6-8-16)19-21(25)40-12-26-19)36-11-17-20(31)13(2)22(37-17)29-10-9-18(30)27-24(29)33/h5-10,12-14,17,20,22,31H,4,11H2,1-3H3,(H,28,34)(H,27,30,33)/t13-,14-,17?,20-,22+,39?/m0/s1. The van der Waals surface area contributed by atoms with E-state index in [1.165, 1.54) is 24.5 Å². The van der Waals surface area contributed by atoms with Gasteiger partial charge in [0.15, 0.2) is 0 Å². The Labute approximate surface area is 237 Å². The molecule has 0 spiro atoms. The molecule has 0 radical (unpaired) electrons. The Morgan fingerprint density at radius 2 is 2.05 bits per heavy atom. The van der Waals surface area contributed by atoms with E-state index in [0.29, 0.717) is 15.6 Å². The maximum Gasteiger partial charge on any atom is 0.459 e. The molecule has 0 saturated carbocycles. The van der Waals surface area contributed by atoms with E-state index in [-0.39, 0.29) is 12.4 Å². The van der Waals surface area contributed by atoms with Gasteiger partial charge in [0, 0.05) is 23.7 Å². The molecule has 3 heterocycles. The summed E-state index contributed by atoms with van der Waals surface area (Å²) in [5.41, 5.74) is 1.63. The third-order valence-electron chi connectivity index (χ3n) is 6.09. The fraction of sp³-hybridized carbons (Fsp3) is 0.417. The first-order valence-electron chi connectivity index (χ1n) is 12.2. The van der Waals surface area contributed by atoms with E-state index in [2.05, 4.69) is 15.1 Å². The van der Waals surface area contributed by atoms with Crippen molar-refractivity contribution in [1.82, 2.24) is 19.6 Å². The Morgan fingerprint density at radius 3 is 2.67 bits per heavy atom. The molecule has 1 fully saturated rings. The SMILES string of the molecule is CCOC(=O)[C@H](C)NP(=O)(OCC1O[C@@H](n2ccc(=O)[nH]c2=O)[C@@H](C)[C@@H]1O)Oc1ccc(-c2ncsc2Cl)cc1. The van der Waals surface area contributed by atoms with Crippen molar-refractivity contribution < 1.29 is 33.0 Å². The molecule has 3 aromatic rings. The van der Waals surface area contributed by atoms with Crippen LogP contribution in [0.3, 0.4) is 0 Å². The van der Waals surface area contributed by atoms with Crippen molar-refractivity contribution >= 4 is 36.7 Å². The minimum absolute atomic E-state index is 0.114. The van der Waals surface area contributed by atoms with E-state index >= 15 is 0 Å². The molecule has 0 bridgehead atoms. The topological polar surface area (TPSA) is 171 Å². The zero-order valence-electron chi connectivity index (χ0n) is 21.7. The number of aromatic nitrogens is 3. The molecular weight excluding hydrogens is 587 g/mol. The van der Waals surface area contributed by atoms with Crippen molar-refractivity contribution in [2.45, 2.75) is 45.2 Å². The van der Waals surface area contributed by atoms with Gasteiger partial charge in [0.2, 0.25) is 0 Å². The van der Waals surface area contributed by atoms with E-state index in [0.717, 1.165) is 10.6 Å². The Kier molecular flexibility index (Phi) is 9.62. The van der Waals surface area contributed by atoms with Crippen molar-refractivity contribution in [1.29, 1.82) is 0 Å². The number of carbonyl (C=O) groups is 1. The molecule has 1 aromatic carbocycles. The fourth-order valence-corrected chi connectivity index (χ4v) is 6.34. The van der Waals surface area contributed by atoms with E-state index in [9.17, 15) is 24.1 Å². The highest BCUT2D eigenvalue weighted by atomic mass is 35.5. The van der Waals surface area contributed by atoms with Gasteiger partial charge in [0.1, 0.15) is 28.5 Å². The number of nitrogens with zero attached hydrogens (tertiary/aromatic N) is 2. The second kappa shape index (κ2) is 12.8. The van der Waals surface area contributed by atoms with Crippen molar-refractivity contribution in [3.63, 3.8) is 0 Å². The number of aliphatic hydroxyl groups is 1. The number of thiazole rings is 1. The van der Waals surface area contributed by atoms with Gasteiger partial charge in [-0.05, 0) is 38.1 Å². The second-order valence-corrected chi connectivity index (χ2v) is 12.1. The zero-order valence-corrected chi connectivity index (χ0v) is 24.2. The molecule has 1 saturated heterocycles. The quantitative estimate of drug-likeness (QED) is 0.214. The highest BCUT2D eigenvalue weighted by molar-refractivity contribution is 7.52. The number of nitrogens with one attached hydrogen (secondary N) is 2. The maximum atomic E-state index is 13.8. The maximum absolute atomic E-state index is 13.8. The molecule has 16 heteroatoms. The Morgan fingerprint density at radius 1 is 1.32 bits per heavy atom. The molecular formula is C24H28ClN4O9PS. The summed E-state index contributed by atoms with van der Waals surface area (Å²) in [5, 5.41) is 13.3.